The van der Waals surface area contributed by atoms with E-state index in [0.29, 0.717) is 6.61 Å². The minimum absolute atomic E-state index is 0.186. The van der Waals surface area contributed by atoms with Crippen molar-refractivity contribution in [3.63, 3.8) is 0 Å². The molecule has 0 heterocycles. The highest BCUT2D eigenvalue weighted by molar-refractivity contribution is 4.73. The summed E-state index contributed by atoms with van der Waals surface area (Å²) in [6, 6.07) is 0. The van der Waals surface area contributed by atoms with Crippen molar-refractivity contribution in [2.45, 2.75) is 45.8 Å². The van der Waals surface area contributed by atoms with E-state index in [1.54, 1.807) is 0 Å². The maximum atomic E-state index is 9.82. The Hall–Kier alpha value is -0.120. The molecule has 2 N–H and O–H groups in total. The van der Waals surface area contributed by atoms with Crippen molar-refractivity contribution >= 4 is 0 Å². The number of rotatable bonds is 7. The van der Waals surface area contributed by atoms with E-state index in [9.17, 15) is 5.11 Å². The Bertz CT molecular complexity index is 124. The number of nitrogens with one attached hydrogen (secondary N) is 1. The van der Waals surface area contributed by atoms with Crippen molar-refractivity contribution in [3.05, 3.63) is 0 Å². The molecule has 1 atom stereocenters. The predicted molar refractivity (Wildman–Crippen MR) is 54.9 cm³/mol. The fourth-order valence-electron chi connectivity index (χ4n) is 0.953. The van der Waals surface area contributed by atoms with Crippen LogP contribution in [-0.2, 0) is 4.74 Å². The van der Waals surface area contributed by atoms with E-state index in [1.165, 1.54) is 0 Å². The fourth-order valence-corrected chi connectivity index (χ4v) is 0.953. The summed E-state index contributed by atoms with van der Waals surface area (Å²) >= 11 is 0. The topological polar surface area (TPSA) is 41.5 Å². The van der Waals surface area contributed by atoms with Gasteiger partial charge in [0.1, 0.15) is 0 Å². The smallest absolute Gasteiger partial charge is 0.0864 e. The minimum atomic E-state index is -0.702. The fraction of sp³-hybridized carbons (Fsp3) is 1.00. The van der Waals surface area contributed by atoms with Gasteiger partial charge in [0.25, 0.3) is 0 Å². The summed E-state index contributed by atoms with van der Waals surface area (Å²) in [5, 5.41) is 13.0. The van der Waals surface area contributed by atoms with Crippen molar-refractivity contribution < 1.29 is 9.84 Å². The molecule has 0 amide bonds. The quantitative estimate of drug-likeness (QED) is 0.591. The second kappa shape index (κ2) is 6.35. The highest BCUT2D eigenvalue weighted by Gasteiger charge is 2.20. The molecule has 0 aliphatic rings. The van der Waals surface area contributed by atoms with E-state index < -0.39 is 5.60 Å². The first kappa shape index (κ1) is 12.9. The Morgan fingerprint density at radius 2 is 2.08 bits per heavy atom. The lowest BCUT2D eigenvalue weighted by molar-refractivity contribution is -0.0572. The van der Waals surface area contributed by atoms with E-state index in [1.807, 2.05) is 20.8 Å². The van der Waals surface area contributed by atoms with Crippen LogP contribution in [0.15, 0.2) is 0 Å². The third-order valence-electron chi connectivity index (χ3n) is 1.82. The normalized spacial score (nSPS) is 16.2. The molecule has 0 aromatic rings. The molecule has 0 aromatic carbocycles. The minimum Gasteiger partial charge on any atom is -0.388 e. The zero-order valence-corrected chi connectivity index (χ0v) is 9.26. The van der Waals surface area contributed by atoms with Crippen LogP contribution in [0.1, 0.15) is 34.1 Å². The number of hydrogen-bond donors (Lipinski definition) is 2. The van der Waals surface area contributed by atoms with Gasteiger partial charge in [-0.1, -0.05) is 6.92 Å². The molecule has 0 radical (unpaired) electrons. The Morgan fingerprint density at radius 1 is 1.46 bits per heavy atom. The van der Waals surface area contributed by atoms with E-state index in [-0.39, 0.29) is 6.10 Å². The molecule has 0 spiro atoms. The van der Waals surface area contributed by atoms with Gasteiger partial charge in [0.2, 0.25) is 0 Å². The van der Waals surface area contributed by atoms with E-state index in [0.717, 1.165) is 19.5 Å². The van der Waals surface area contributed by atoms with Crippen LogP contribution in [0.5, 0.6) is 0 Å². The molecular weight excluding hydrogens is 166 g/mol. The summed E-state index contributed by atoms with van der Waals surface area (Å²) in [6.07, 6.45) is 0.915. The lowest BCUT2D eigenvalue weighted by Gasteiger charge is -2.24. The maximum absolute atomic E-state index is 9.82. The molecule has 13 heavy (non-hydrogen) atoms. The van der Waals surface area contributed by atoms with Crippen LogP contribution in [0.4, 0.5) is 0 Å². The average Bonchev–Trinajstić information content (AvgIpc) is 2.02. The summed E-state index contributed by atoms with van der Waals surface area (Å²) in [7, 11) is 0. The summed E-state index contributed by atoms with van der Waals surface area (Å²) in [5.74, 6) is 0. The largest absolute Gasteiger partial charge is 0.388 e. The standard InChI is InChI=1S/C10H23NO2/c1-5-11-7-6-10(4,12)8-13-9(2)3/h9,11-12H,5-8H2,1-4H3. The first-order chi connectivity index (χ1) is 5.98. The van der Waals surface area contributed by atoms with E-state index in [2.05, 4.69) is 12.2 Å². The molecule has 3 nitrogen and oxygen atoms in total. The molecule has 0 rings (SSSR count). The molecule has 0 aromatic heterocycles. The maximum Gasteiger partial charge on any atom is 0.0864 e. The van der Waals surface area contributed by atoms with Crippen LogP contribution in [0.3, 0.4) is 0 Å². The Balaban J connectivity index is 3.54. The van der Waals surface area contributed by atoms with Gasteiger partial charge in [-0.05, 0) is 40.3 Å². The Kier molecular flexibility index (Phi) is 6.29. The molecule has 0 saturated carbocycles. The predicted octanol–water partition coefficient (Wildman–Crippen LogP) is 1.16. The van der Waals surface area contributed by atoms with Gasteiger partial charge in [0, 0.05) is 0 Å². The van der Waals surface area contributed by atoms with Gasteiger partial charge in [0.05, 0.1) is 18.3 Å². The van der Waals surface area contributed by atoms with Crippen LogP contribution in [-0.4, -0.2) is 36.5 Å². The SMILES string of the molecule is CCNCCC(C)(O)COC(C)C. The average molecular weight is 189 g/mol. The number of ether oxygens (including phenoxy) is 1. The summed E-state index contributed by atoms with van der Waals surface area (Å²) < 4.78 is 5.36. The van der Waals surface area contributed by atoms with Gasteiger partial charge in [-0.3, -0.25) is 0 Å². The molecule has 0 bridgehead atoms. The molecule has 1 unspecified atom stereocenters. The van der Waals surface area contributed by atoms with Gasteiger partial charge in [0.15, 0.2) is 0 Å². The van der Waals surface area contributed by atoms with Crippen molar-refractivity contribution in [3.8, 4) is 0 Å². The van der Waals surface area contributed by atoms with Gasteiger partial charge in [-0.15, -0.1) is 0 Å². The third kappa shape index (κ3) is 8.22. The van der Waals surface area contributed by atoms with Gasteiger partial charge >= 0.3 is 0 Å². The molecular formula is C10H23NO2. The highest BCUT2D eigenvalue weighted by Crippen LogP contribution is 2.09. The van der Waals surface area contributed by atoms with Crippen LogP contribution in [0.2, 0.25) is 0 Å². The van der Waals surface area contributed by atoms with E-state index in [4.69, 9.17) is 4.74 Å². The molecule has 3 heteroatoms. The lowest BCUT2D eigenvalue weighted by Crippen LogP contribution is -2.35. The van der Waals surface area contributed by atoms with Crippen LogP contribution in [0.25, 0.3) is 0 Å². The Morgan fingerprint density at radius 3 is 2.54 bits per heavy atom. The van der Waals surface area contributed by atoms with Crippen LogP contribution in [0, 0.1) is 0 Å². The van der Waals surface area contributed by atoms with Gasteiger partial charge < -0.3 is 15.2 Å². The van der Waals surface area contributed by atoms with Crippen molar-refractivity contribution in [1.29, 1.82) is 0 Å². The lowest BCUT2D eigenvalue weighted by atomic mass is 10.0. The first-order valence-corrected chi connectivity index (χ1v) is 5.02. The molecule has 0 aliphatic carbocycles. The second-order valence-corrected chi connectivity index (χ2v) is 3.96. The van der Waals surface area contributed by atoms with Gasteiger partial charge in [-0.25, -0.2) is 0 Å². The highest BCUT2D eigenvalue weighted by atomic mass is 16.5. The van der Waals surface area contributed by atoms with Crippen LogP contribution >= 0.6 is 0 Å². The number of hydrogen-bond acceptors (Lipinski definition) is 3. The van der Waals surface area contributed by atoms with E-state index >= 15 is 0 Å². The van der Waals surface area contributed by atoms with Crippen molar-refractivity contribution in [2.24, 2.45) is 0 Å². The molecule has 80 valence electrons. The van der Waals surface area contributed by atoms with Crippen molar-refractivity contribution in [1.82, 2.24) is 5.32 Å². The summed E-state index contributed by atoms with van der Waals surface area (Å²) in [4.78, 5) is 0. The summed E-state index contributed by atoms with van der Waals surface area (Å²) in [6.45, 7) is 10.0. The monoisotopic (exact) mass is 189 g/mol. The zero-order valence-electron chi connectivity index (χ0n) is 9.26. The molecule has 0 aliphatic heterocycles. The summed E-state index contributed by atoms with van der Waals surface area (Å²) in [5.41, 5.74) is -0.702. The third-order valence-corrected chi connectivity index (χ3v) is 1.82. The molecule has 0 saturated heterocycles. The second-order valence-electron chi connectivity index (χ2n) is 3.96. The van der Waals surface area contributed by atoms with Crippen LogP contribution < -0.4 is 5.32 Å². The molecule has 0 fully saturated rings. The first-order valence-electron chi connectivity index (χ1n) is 5.02. The van der Waals surface area contributed by atoms with Gasteiger partial charge in [-0.2, -0.15) is 0 Å². The Labute approximate surface area is 81.5 Å². The zero-order chi connectivity index (χ0) is 10.3. The number of aliphatic hydroxyl groups is 1. The van der Waals surface area contributed by atoms with Crippen molar-refractivity contribution in [2.75, 3.05) is 19.7 Å².